The van der Waals surface area contributed by atoms with Crippen LogP contribution in [0.3, 0.4) is 0 Å². The third-order valence-electron chi connectivity index (χ3n) is 3.20. The highest BCUT2D eigenvalue weighted by molar-refractivity contribution is 5.89. The fourth-order valence-electron chi connectivity index (χ4n) is 2.07. The summed E-state index contributed by atoms with van der Waals surface area (Å²) in [7, 11) is 0. The number of hydrogen-bond acceptors (Lipinski definition) is 3. The van der Waals surface area contributed by atoms with Crippen molar-refractivity contribution in [3.8, 4) is 0 Å². The number of nitrogens with zero attached hydrogens (tertiary/aromatic N) is 1. The number of aromatic nitrogens is 1. The van der Waals surface area contributed by atoms with Gasteiger partial charge in [-0.25, -0.2) is 4.79 Å². The number of urea groups is 1. The molecule has 2 amide bonds. The Hall–Kier alpha value is -2.40. The summed E-state index contributed by atoms with van der Waals surface area (Å²) in [5.74, 6) is 0. The van der Waals surface area contributed by atoms with E-state index in [1.54, 1.807) is 6.20 Å². The number of benzene rings is 1. The van der Waals surface area contributed by atoms with Gasteiger partial charge in [0.25, 0.3) is 0 Å². The predicted molar refractivity (Wildman–Crippen MR) is 83.8 cm³/mol. The second kappa shape index (κ2) is 7.40. The van der Waals surface area contributed by atoms with Gasteiger partial charge in [-0.3, -0.25) is 4.98 Å². The number of nitrogens with two attached hydrogens (primary N) is 1. The maximum absolute atomic E-state index is 11.9. The predicted octanol–water partition coefficient (Wildman–Crippen LogP) is 2.42. The fraction of sp³-hybridized carbons (Fsp3) is 0.250. The minimum absolute atomic E-state index is 0.253. The van der Waals surface area contributed by atoms with Gasteiger partial charge in [0.05, 0.1) is 12.2 Å². The summed E-state index contributed by atoms with van der Waals surface area (Å²) >= 11 is 0. The normalized spacial score (nSPS) is 10.2. The van der Waals surface area contributed by atoms with Crippen LogP contribution in [-0.2, 0) is 19.5 Å². The molecule has 1 aromatic carbocycles. The SMILES string of the molecule is CCc1cccnc1CNC(=O)Nc1cccc(CN)c1. The van der Waals surface area contributed by atoms with Crippen molar-refractivity contribution in [1.82, 2.24) is 10.3 Å². The van der Waals surface area contributed by atoms with Crippen LogP contribution in [0.2, 0.25) is 0 Å². The molecule has 0 aliphatic heterocycles. The molecule has 0 bridgehead atoms. The fourth-order valence-corrected chi connectivity index (χ4v) is 2.07. The van der Waals surface area contributed by atoms with E-state index in [0.29, 0.717) is 13.1 Å². The quantitative estimate of drug-likeness (QED) is 0.789. The first kappa shape index (κ1) is 15.0. The molecule has 0 fully saturated rings. The van der Waals surface area contributed by atoms with Crippen molar-refractivity contribution in [2.75, 3.05) is 5.32 Å². The molecular formula is C16H20N4O. The Bertz CT molecular complexity index is 613. The molecule has 1 aromatic heterocycles. The summed E-state index contributed by atoms with van der Waals surface area (Å²) in [5.41, 5.74) is 9.32. The zero-order valence-electron chi connectivity index (χ0n) is 12.1. The van der Waals surface area contributed by atoms with Crippen LogP contribution in [0.25, 0.3) is 0 Å². The zero-order chi connectivity index (χ0) is 15.1. The molecule has 0 aliphatic rings. The van der Waals surface area contributed by atoms with E-state index in [1.165, 1.54) is 0 Å². The first-order valence-electron chi connectivity index (χ1n) is 6.99. The van der Waals surface area contributed by atoms with E-state index in [1.807, 2.05) is 36.4 Å². The van der Waals surface area contributed by atoms with Crippen LogP contribution in [0, 0.1) is 0 Å². The molecule has 0 aliphatic carbocycles. The van der Waals surface area contributed by atoms with Gasteiger partial charge < -0.3 is 16.4 Å². The van der Waals surface area contributed by atoms with Gasteiger partial charge >= 0.3 is 6.03 Å². The van der Waals surface area contributed by atoms with Crippen LogP contribution >= 0.6 is 0 Å². The lowest BCUT2D eigenvalue weighted by atomic mass is 10.1. The monoisotopic (exact) mass is 284 g/mol. The number of carbonyl (C=O) groups is 1. The molecule has 0 saturated carbocycles. The van der Waals surface area contributed by atoms with Crippen LogP contribution in [-0.4, -0.2) is 11.0 Å². The topological polar surface area (TPSA) is 80.0 Å². The summed E-state index contributed by atoms with van der Waals surface area (Å²) in [5, 5.41) is 5.61. The molecule has 0 radical (unpaired) electrons. The Morgan fingerprint density at radius 1 is 1.29 bits per heavy atom. The van der Waals surface area contributed by atoms with Crippen LogP contribution in [0.15, 0.2) is 42.6 Å². The molecule has 1 heterocycles. The molecule has 4 N–H and O–H groups in total. The molecule has 110 valence electrons. The molecule has 0 saturated heterocycles. The lowest BCUT2D eigenvalue weighted by Gasteiger charge is -2.10. The number of rotatable bonds is 5. The number of pyridine rings is 1. The maximum Gasteiger partial charge on any atom is 0.319 e. The molecule has 0 atom stereocenters. The van der Waals surface area contributed by atoms with Crippen molar-refractivity contribution < 1.29 is 4.79 Å². The smallest absolute Gasteiger partial charge is 0.319 e. The van der Waals surface area contributed by atoms with Gasteiger partial charge in [0.1, 0.15) is 0 Å². The summed E-state index contributed by atoms with van der Waals surface area (Å²) in [6.07, 6.45) is 2.63. The molecule has 0 unspecified atom stereocenters. The summed E-state index contributed by atoms with van der Waals surface area (Å²) in [4.78, 5) is 16.2. The maximum atomic E-state index is 11.9. The first-order chi connectivity index (χ1) is 10.2. The molecule has 21 heavy (non-hydrogen) atoms. The summed E-state index contributed by atoms with van der Waals surface area (Å²) < 4.78 is 0. The Morgan fingerprint density at radius 3 is 2.90 bits per heavy atom. The van der Waals surface area contributed by atoms with Crippen molar-refractivity contribution in [2.24, 2.45) is 5.73 Å². The summed E-state index contributed by atoms with van der Waals surface area (Å²) in [6, 6.07) is 11.1. The zero-order valence-corrected chi connectivity index (χ0v) is 12.1. The largest absolute Gasteiger partial charge is 0.332 e. The lowest BCUT2D eigenvalue weighted by Crippen LogP contribution is -2.29. The van der Waals surface area contributed by atoms with E-state index in [0.717, 1.165) is 28.9 Å². The van der Waals surface area contributed by atoms with Gasteiger partial charge in [0, 0.05) is 18.4 Å². The van der Waals surface area contributed by atoms with E-state index in [4.69, 9.17) is 5.73 Å². The van der Waals surface area contributed by atoms with E-state index in [2.05, 4.69) is 22.5 Å². The Morgan fingerprint density at radius 2 is 2.14 bits per heavy atom. The Balaban J connectivity index is 1.92. The second-order valence-corrected chi connectivity index (χ2v) is 4.67. The van der Waals surface area contributed by atoms with E-state index in [9.17, 15) is 4.79 Å². The highest BCUT2D eigenvalue weighted by Crippen LogP contribution is 2.10. The van der Waals surface area contributed by atoms with Gasteiger partial charge in [-0.2, -0.15) is 0 Å². The lowest BCUT2D eigenvalue weighted by molar-refractivity contribution is 0.251. The van der Waals surface area contributed by atoms with Gasteiger partial charge in [-0.1, -0.05) is 25.1 Å². The number of carbonyl (C=O) groups excluding carboxylic acids is 1. The van der Waals surface area contributed by atoms with Crippen molar-refractivity contribution in [2.45, 2.75) is 26.4 Å². The van der Waals surface area contributed by atoms with E-state index >= 15 is 0 Å². The third kappa shape index (κ3) is 4.29. The van der Waals surface area contributed by atoms with Crippen molar-refractivity contribution in [3.63, 3.8) is 0 Å². The van der Waals surface area contributed by atoms with E-state index in [-0.39, 0.29) is 6.03 Å². The minimum Gasteiger partial charge on any atom is -0.332 e. The van der Waals surface area contributed by atoms with Gasteiger partial charge in [0.2, 0.25) is 0 Å². The molecule has 5 heteroatoms. The number of nitrogens with one attached hydrogen (secondary N) is 2. The van der Waals surface area contributed by atoms with Crippen LogP contribution in [0.5, 0.6) is 0 Å². The molecular weight excluding hydrogens is 264 g/mol. The van der Waals surface area contributed by atoms with Crippen LogP contribution in [0.1, 0.15) is 23.7 Å². The summed E-state index contributed by atoms with van der Waals surface area (Å²) in [6.45, 7) is 2.93. The first-order valence-corrected chi connectivity index (χ1v) is 6.99. The standard InChI is InChI=1S/C16H20N4O/c1-2-13-6-4-8-18-15(13)11-19-16(21)20-14-7-3-5-12(9-14)10-17/h3-9H,2,10-11,17H2,1H3,(H2,19,20,21). The molecule has 2 aromatic rings. The Labute approximate surface area is 124 Å². The van der Waals surface area contributed by atoms with E-state index < -0.39 is 0 Å². The third-order valence-corrected chi connectivity index (χ3v) is 3.20. The van der Waals surface area contributed by atoms with Gasteiger partial charge in [-0.15, -0.1) is 0 Å². The molecule has 2 rings (SSSR count). The number of aryl methyl sites for hydroxylation is 1. The van der Waals surface area contributed by atoms with Crippen molar-refractivity contribution in [3.05, 3.63) is 59.4 Å². The highest BCUT2D eigenvalue weighted by Gasteiger charge is 2.05. The van der Waals surface area contributed by atoms with Gasteiger partial charge in [-0.05, 0) is 35.7 Å². The number of hydrogen-bond donors (Lipinski definition) is 3. The second-order valence-electron chi connectivity index (χ2n) is 4.67. The van der Waals surface area contributed by atoms with Crippen molar-refractivity contribution >= 4 is 11.7 Å². The van der Waals surface area contributed by atoms with Crippen LogP contribution in [0.4, 0.5) is 10.5 Å². The number of amides is 2. The molecule has 5 nitrogen and oxygen atoms in total. The Kier molecular flexibility index (Phi) is 5.29. The minimum atomic E-state index is -0.253. The average Bonchev–Trinajstić information content (AvgIpc) is 2.53. The number of anilines is 1. The van der Waals surface area contributed by atoms with Crippen LogP contribution < -0.4 is 16.4 Å². The van der Waals surface area contributed by atoms with Gasteiger partial charge in [0.15, 0.2) is 0 Å². The van der Waals surface area contributed by atoms with Crippen molar-refractivity contribution in [1.29, 1.82) is 0 Å². The highest BCUT2D eigenvalue weighted by atomic mass is 16.2. The molecule has 0 spiro atoms. The average molecular weight is 284 g/mol.